The Balaban J connectivity index is 1.70. The van der Waals surface area contributed by atoms with E-state index in [2.05, 4.69) is 20.2 Å². The van der Waals surface area contributed by atoms with Crippen LogP contribution in [0, 0.1) is 6.08 Å². The van der Waals surface area contributed by atoms with Crippen LogP contribution in [0.25, 0.3) is 0 Å². The number of nitrogens with one attached hydrogen (secondary N) is 1. The lowest BCUT2D eigenvalue weighted by Crippen LogP contribution is -2.33. The summed E-state index contributed by atoms with van der Waals surface area (Å²) < 4.78 is 59.1. The highest BCUT2D eigenvalue weighted by molar-refractivity contribution is 6.33. The van der Waals surface area contributed by atoms with E-state index in [1.807, 2.05) is 0 Å². The molecular formula is C18H12ClF4N5O2. The van der Waals surface area contributed by atoms with Gasteiger partial charge in [0.05, 0.1) is 29.7 Å². The molecule has 0 unspecified atom stereocenters. The van der Waals surface area contributed by atoms with Gasteiger partial charge in [-0.3, -0.25) is 4.79 Å². The van der Waals surface area contributed by atoms with Gasteiger partial charge >= 0.3 is 12.3 Å². The Bertz CT molecular complexity index is 1170. The number of nitrogens with zero attached hydrogens (tertiary/aromatic N) is 4. The molecule has 1 aromatic carbocycles. The smallest absolute Gasteiger partial charge is 0.419 e. The van der Waals surface area contributed by atoms with Gasteiger partial charge in [-0.2, -0.15) is 27.6 Å². The van der Waals surface area contributed by atoms with E-state index in [0.717, 1.165) is 12.1 Å². The summed E-state index contributed by atoms with van der Waals surface area (Å²) in [6.45, 7) is 0.348. The van der Waals surface area contributed by atoms with Crippen molar-refractivity contribution >= 4 is 17.3 Å². The van der Waals surface area contributed by atoms with Crippen molar-refractivity contribution in [3.05, 3.63) is 68.7 Å². The second kappa shape index (κ2) is 7.56. The highest BCUT2D eigenvalue weighted by atomic mass is 35.5. The number of benzene rings is 1. The average Bonchev–Trinajstić information content (AvgIpc) is 2.69. The second-order valence-corrected chi connectivity index (χ2v) is 6.77. The number of halogens is 5. The van der Waals surface area contributed by atoms with Crippen molar-refractivity contribution in [1.29, 1.82) is 0 Å². The number of rotatable bonds is 3. The van der Waals surface area contributed by atoms with Crippen molar-refractivity contribution < 1.29 is 22.3 Å². The molecule has 3 heterocycles. The molecule has 1 N–H and O–H groups in total. The van der Waals surface area contributed by atoms with Crippen molar-refractivity contribution in [2.24, 2.45) is 0 Å². The molecule has 0 atom stereocenters. The topological polar surface area (TPSA) is 84.0 Å². The van der Waals surface area contributed by atoms with Gasteiger partial charge in [0, 0.05) is 12.1 Å². The third kappa shape index (κ3) is 3.80. The van der Waals surface area contributed by atoms with Crippen LogP contribution in [0.5, 0.6) is 11.6 Å². The number of anilines is 1. The number of hydrogen-bond acceptors (Lipinski definition) is 6. The van der Waals surface area contributed by atoms with E-state index in [0.29, 0.717) is 17.8 Å². The largest absolute Gasteiger partial charge is 0.438 e. The number of ether oxygens (including phenoxy) is 1. The normalized spacial score (nSPS) is 13.8. The zero-order chi connectivity index (χ0) is 21.5. The molecule has 2 aromatic heterocycles. The van der Waals surface area contributed by atoms with Crippen molar-refractivity contribution in [3.63, 3.8) is 0 Å². The molecule has 0 bridgehead atoms. The molecule has 0 fully saturated rings. The summed E-state index contributed by atoms with van der Waals surface area (Å²) >= 11 is 6.02. The number of hydrogen-bond donors (Lipinski definition) is 1. The van der Waals surface area contributed by atoms with Gasteiger partial charge in [-0.25, -0.2) is 10.1 Å². The summed E-state index contributed by atoms with van der Waals surface area (Å²) in [7, 11) is 0. The van der Waals surface area contributed by atoms with Gasteiger partial charge in [0.2, 0.25) is 5.88 Å². The van der Waals surface area contributed by atoms with Crippen LogP contribution in [0.15, 0.2) is 35.3 Å². The third-order valence-corrected chi connectivity index (χ3v) is 4.88. The number of H-pyrrole nitrogens is 1. The Hall–Kier alpha value is -3.21. The molecule has 0 saturated heterocycles. The van der Waals surface area contributed by atoms with E-state index >= 15 is 0 Å². The predicted molar refractivity (Wildman–Crippen MR) is 98.1 cm³/mol. The zero-order valence-corrected chi connectivity index (χ0v) is 15.8. The first kappa shape index (κ1) is 20.1. The monoisotopic (exact) mass is 441 g/mol. The van der Waals surface area contributed by atoms with Crippen LogP contribution in [0.3, 0.4) is 0 Å². The lowest BCUT2D eigenvalue weighted by Gasteiger charge is -2.30. The number of aromatic amines is 1. The Kier molecular flexibility index (Phi) is 5.06. The van der Waals surface area contributed by atoms with Crippen LogP contribution in [0.2, 0.25) is 5.02 Å². The number of aromatic nitrogens is 4. The standard InChI is InChI=1S/C18H12ClF4N5O2/c19-14-12(7-24-27-15(14)29)28-6-5-9-11(8-28)25-17(20)26-16(9)30-13-4-2-1-3-10(13)18(21,22)23/h1-4,7H,5-6,8H2,(H,27,29). The van der Waals surface area contributed by atoms with Crippen LogP contribution >= 0.6 is 11.6 Å². The number of fused-ring (bicyclic) bond motifs is 1. The summed E-state index contributed by atoms with van der Waals surface area (Å²) in [6, 6.07) is 4.59. The van der Waals surface area contributed by atoms with Crippen LogP contribution in [0.1, 0.15) is 16.8 Å². The van der Waals surface area contributed by atoms with Crippen LogP contribution in [-0.4, -0.2) is 26.7 Å². The maximum atomic E-state index is 14.0. The first-order valence-electron chi connectivity index (χ1n) is 8.61. The minimum Gasteiger partial charge on any atom is -0.438 e. The van der Waals surface area contributed by atoms with Crippen LogP contribution < -0.4 is 15.2 Å². The summed E-state index contributed by atoms with van der Waals surface area (Å²) in [5, 5.41) is 5.81. The molecule has 1 aliphatic heterocycles. The first-order chi connectivity index (χ1) is 14.2. The summed E-state index contributed by atoms with van der Waals surface area (Å²) in [4.78, 5) is 20.6. The maximum Gasteiger partial charge on any atom is 0.419 e. The van der Waals surface area contributed by atoms with E-state index in [9.17, 15) is 22.4 Å². The quantitative estimate of drug-likeness (QED) is 0.492. The van der Waals surface area contributed by atoms with Gasteiger partial charge in [0.15, 0.2) is 0 Å². The van der Waals surface area contributed by atoms with Crippen molar-refractivity contribution in [3.8, 4) is 11.6 Å². The fraction of sp³-hybridized carbons (Fsp3) is 0.222. The third-order valence-electron chi connectivity index (χ3n) is 4.52. The van der Waals surface area contributed by atoms with Crippen molar-refractivity contribution in [2.45, 2.75) is 19.1 Å². The summed E-state index contributed by atoms with van der Waals surface area (Å²) in [5.74, 6) is -0.779. The Labute approximate surface area is 171 Å². The highest BCUT2D eigenvalue weighted by Gasteiger charge is 2.35. The molecule has 0 saturated carbocycles. The number of para-hydroxylation sites is 1. The average molecular weight is 442 g/mol. The molecule has 12 heteroatoms. The molecule has 1 aliphatic rings. The Morgan fingerprint density at radius 1 is 1.20 bits per heavy atom. The minimum atomic E-state index is -4.65. The molecule has 3 aromatic rings. The molecule has 0 spiro atoms. The maximum absolute atomic E-state index is 14.0. The molecule has 30 heavy (non-hydrogen) atoms. The Morgan fingerprint density at radius 3 is 2.73 bits per heavy atom. The summed E-state index contributed by atoms with van der Waals surface area (Å²) in [6.07, 6.45) is -4.22. The molecular weight excluding hydrogens is 430 g/mol. The molecule has 7 nitrogen and oxygen atoms in total. The van der Waals surface area contributed by atoms with E-state index in [1.165, 1.54) is 18.3 Å². The van der Waals surface area contributed by atoms with Crippen LogP contribution in [-0.2, 0) is 19.1 Å². The lowest BCUT2D eigenvalue weighted by molar-refractivity contribution is -0.138. The molecule has 0 amide bonds. The van der Waals surface area contributed by atoms with Crippen molar-refractivity contribution in [1.82, 2.24) is 20.2 Å². The van der Waals surface area contributed by atoms with Gasteiger partial charge in [-0.1, -0.05) is 23.7 Å². The van der Waals surface area contributed by atoms with Crippen molar-refractivity contribution in [2.75, 3.05) is 11.4 Å². The van der Waals surface area contributed by atoms with Gasteiger partial charge in [-0.05, 0) is 18.6 Å². The van der Waals surface area contributed by atoms with E-state index in [-0.39, 0.29) is 29.6 Å². The fourth-order valence-corrected chi connectivity index (χ4v) is 3.36. The van der Waals surface area contributed by atoms with Gasteiger partial charge < -0.3 is 9.64 Å². The molecule has 156 valence electrons. The van der Waals surface area contributed by atoms with Gasteiger partial charge in [0.25, 0.3) is 5.56 Å². The van der Waals surface area contributed by atoms with Gasteiger partial charge in [0.1, 0.15) is 10.8 Å². The fourth-order valence-electron chi connectivity index (χ4n) is 3.15. The van der Waals surface area contributed by atoms with E-state index in [1.54, 1.807) is 4.90 Å². The molecule has 4 rings (SSSR count). The molecule has 0 aliphatic carbocycles. The number of alkyl halides is 3. The minimum absolute atomic E-state index is 0.0386. The summed E-state index contributed by atoms with van der Waals surface area (Å²) in [5.41, 5.74) is -0.670. The zero-order valence-electron chi connectivity index (χ0n) is 15.0. The van der Waals surface area contributed by atoms with E-state index in [4.69, 9.17) is 16.3 Å². The second-order valence-electron chi connectivity index (χ2n) is 6.39. The predicted octanol–water partition coefficient (Wildman–Crippen LogP) is 3.73. The van der Waals surface area contributed by atoms with Crippen LogP contribution in [0.4, 0.5) is 23.2 Å². The highest BCUT2D eigenvalue weighted by Crippen LogP contribution is 2.39. The van der Waals surface area contributed by atoms with Gasteiger partial charge in [-0.15, -0.1) is 0 Å². The Morgan fingerprint density at radius 2 is 1.97 bits per heavy atom. The van der Waals surface area contributed by atoms with E-state index < -0.39 is 29.1 Å². The SMILES string of the molecule is O=c1[nH]ncc(N2CCc3c(nc(F)nc3Oc3ccccc3C(F)(F)F)C2)c1Cl. The first-order valence-corrected chi connectivity index (χ1v) is 8.99. The molecule has 0 radical (unpaired) electrons. The lowest BCUT2D eigenvalue weighted by atomic mass is 10.1.